The van der Waals surface area contributed by atoms with Gasteiger partial charge in [0.25, 0.3) is 0 Å². The molecule has 2 fully saturated rings. The van der Waals surface area contributed by atoms with E-state index in [0.29, 0.717) is 6.54 Å². The van der Waals surface area contributed by atoms with Crippen LogP contribution >= 0.6 is 0 Å². The molecule has 0 radical (unpaired) electrons. The highest BCUT2D eigenvalue weighted by Gasteiger charge is 2.40. The Hall–Kier alpha value is -1.06. The highest BCUT2D eigenvalue weighted by atomic mass is 16.2. The third kappa shape index (κ3) is 2.36. The highest BCUT2D eigenvalue weighted by Crippen LogP contribution is 2.33. The third-order valence-electron chi connectivity index (χ3n) is 3.31. The minimum atomic E-state index is -0.195. The normalized spacial score (nSPS) is 24.6. The molecule has 90 valence electrons. The zero-order valence-electron chi connectivity index (χ0n) is 9.87. The van der Waals surface area contributed by atoms with Gasteiger partial charge in [0.05, 0.1) is 0 Å². The second-order valence-corrected chi connectivity index (χ2v) is 4.75. The van der Waals surface area contributed by atoms with Crippen LogP contribution in [0, 0.1) is 5.92 Å². The molecule has 1 aliphatic carbocycles. The van der Waals surface area contributed by atoms with Crippen molar-refractivity contribution in [1.82, 2.24) is 10.2 Å². The van der Waals surface area contributed by atoms with Crippen molar-refractivity contribution in [3.05, 3.63) is 0 Å². The zero-order chi connectivity index (χ0) is 11.5. The van der Waals surface area contributed by atoms with Crippen molar-refractivity contribution in [3.8, 4) is 0 Å². The number of carbonyl (C=O) groups is 2. The Labute approximate surface area is 96.4 Å². The SMILES string of the molecule is CCCNC(=O)[C@@H]1CCCN1C(=O)C1CC1. The van der Waals surface area contributed by atoms with E-state index in [2.05, 4.69) is 5.32 Å². The minimum Gasteiger partial charge on any atom is -0.354 e. The van der Waals surface area contributed by atoms with Crippen molar-refractivity contribution < 1.29 is 9.59 Å². The third-order valence-corrected chi connectivity index (χ3v) is 3.31. The Balaban J connectivity index is 1.91. The van der Waals surface area contributed by atoms with Gasteiger partial charge in [-0.25, -0.2) is 0 Å². The molecule has 16 heavy (non-hydrogen) atoms. The molecule has 1 saturated carbocycles. The van der Waals surface area contributed by atoms with Crippen LogP contribution in [0.25, 0.3) is 0 Å². The first-order valence-electron chi connectivity index (χ1n) is 6.32. The first-order chi connectivity index (χ1) is 7.74. The highest BCUT2D eigenvalue weighted by molar-refractivity contribution is 5.89. The Morgan fingerprint density at radius 1 is 1.31 bits per heavy atom. The molecule has 0 bridgehead atoms. The largest absolute Gasteiger partial charge is 0.354 e. The quantitative estimate of drug-likeness (QED) is 0.771. The minimum absolute atomic E-state index is 0.0355. The molecule has 2 amide bonds. The van der Waals surface area contributed by atoms with E-state index in [9.17, 15) is 9.59 Å². The molecule has 1 saturated heterocycles. The summed E-state index contributed by atoms with van der Waals surface area (Å²) < 4.78 is 0. The van der Waals surface area contributed by atoms with Crippen LogP contribution in [-0.4, -0.2) is 35.8 Å². The number of nitrogens with zero attached hydrogens (tertiary/aromatic N) is 1. The van der Waals surface area contributed by atoms with E-state index in [1.54, 1.807) is 4.90 Å². The number of carbonyl (C=O) groups excluding carboxylic acids is 2. The molecule has 1 N–H and O–H groups in total. The van der Waals surface area contributed by atoms with Crippen LogP contribution in [0.3, 0.4) is 0 Å². The van der Waals surface area contributed by atoms with Gasteiger partial charge in [-0.3, -0.25) is 9.59 Å². The van der Waals surface area contributed by atoms with Gasteiger partial charge in [-0.2, -0.15) is 0 Å². The number of likely N-dealkylation sites (tertiary alicyclic amines) is 1. The fourth-order valence-electron chi connectivity index (χ4n) is 2.23. The molecule has 2 aliphatic rings. The standard InChI is InChI=1S/C12H20N2O2/c1-2-7-13-11(15)10-4-3-8-14(10)12(16)9-5-6-9/h9-10H,2-8H2,1H3,(H,13,15)/t10-/m0/s1. The Morgan fingerprint density at radius 3 is 2.69 bits per heavy atom. The van der Waals surface area contributed by atoms with Crippen molar-refractivity contribution in [2.75, 3.05) is 13.1 Å². The van der Waals surface area contributed by atoms with Gasteiger partial charge in [-0.15, -0.1) is 0 Å². The van der Waals surface area contributed by atoms with Crippen molar-refractivity contribution in [1.29, 1.82) is 0 Å². The van der Waals surface area contributed by atoms with Gasteiger partial charge in [0.2, 0.25) is 11.8 Å². The molecular formula is C12H20N2O2. The second kappa shape index (κ2) is 4.85. The van der Waals surface area contributed by atoms with Crippen LogP contribution in [0.2, 0.25) is 0 Å². The summed E-state index contributed by atoms with van der Waals surface area (Å²) in [5.41, 5.74) is 0. The number of rotatable bonds is 4. The lowest BCUT2D eigenvalue weighted by atomic mass is 10.2. The molecule has 1 aliphatic heterocycles. The van der Waals surface area contributed by atoms with Crippen molar-refractivity contribution in [3.63, 3.8) is 0 Å². The predicted molar refractivity (Wildman–Crippen MR) is 60.8 cm³/mol. The first kappa shape index (κ1) is 11.4. The van der Waals surface area contributed by atoms with Crippen molar-refractivity contribution in [2.24, 2.45) is 5.92 Å². The van der Waals surface area contributed by atoms with E-state index in [1.165, 1.54) is 0 Å². The lowest BCUT2D eigenvalue weighted by Gasteiger charge is -2.23. The lowest BCUT2D eigenvalue weighted by molar-refractivity contribution is -0.139. The maximum absolute atomic E-state index is 11.9. The fraction of sp³-hybridized carbons (Fsp3) is 0.833. The maximum atomic E-state index is 11.9. The molecule has 1 heterocycles. The van der Waals surface area contributed by atoms with Crippen LogP contribution in [0.5, 0.6) is 0 Å². The summed E-state index contributed by atoms with van der Waals surface area (Å²) in [6, 6.07) is -0.195. The van der Waals surface area contributed by atoms with Gasteiger partial charge >= 0.3 is 0 Å². The van der Waals surface area contributed by atoms with E-state index in [0.717, 1.165) is 38.6 Å². The lowest BCUT2D eigenvalue weighted by Crippen LogP contribution is -2.46. The Bertz CT molecular complexity index is 287. The molecule has 0 spiro atoms. The molecule has 4 nitrogen and oxygen atoms in total. The first-order valence-corrected chi connectivity index (χ1v) is 6.32. The van der Waals surface area contributed by atoms with Gasteiger partial charge in [-0.05, 0) is 32.1 Å². The van der Waals surface area contributed by atoms with E-state index >= 15 is 0 Å². The second-order valence-electron chi connectivity index (χ2n) is 4.75. The predicted octanol–water partition coefficient (Wildman–Crippen LogP) is 0.914. The van der Waals surface area contributed by atoms with E-state index < -0.39 is 0 Å². The number of hydrogen-bond acceptors (Lipinski definition) is 2. The fourth-order valence-corrected chi connectivity index (χ4v) is 2.23. The maximum Gasteiger partial charge on any atom is 0.242 e. The van der Waals surface area contributed by atoms with E-state index in [1.807, 2.05) is 6.92 Å². The summed E-state index contributed by atoms with van der Waals surface area (Å²) in [5, 5.41) is 2.89. The average molecular weight is 224 g/mol. The summed E-state index contributed by atoms with van der Waals surface area (Å²) in [4.78, 5) is 25.6. The van der Waals surface area contributed by atoms with Crippen molar-refractivity contribution in [2.45, 2.75) is 45.1 Å². The molecule has 2 rings (SSSR count). The average Bonchev–Trinajstić information content (AvgIpc) is 3.02. The molecule has 0 aromatic rings. The van der Waals surface area contributed by atoms with Crippen molar-refractivity contribution >= 4 is 11.8 Å². The topological polar surface area (TPSA) is 49.4 Å². The smallest absolute Gasteiger partial charge is 0.242 e. The van der Waals surface area contributed by atoms with Crippen LogP contribution in [0.15, 0.2) is 0 Å². The summed E-state index contributed by atoms with van der Waals surface area (Å²) in [5.74, 6) is 0.460. The molecule has 0 unspecified atom stereocenters. The van der Waals surface area contributed by atoms with Gasteiger partial charge in [0, 0.05) is 19.0 Å². The van der Waals surface area contributed by atoms with E-state index in [4.69, 9.17) is 0 Å². The van der Waals surface area contributed by atoms with Crippen LogP contribution in [0.1, 0.15) is 39.0 Å². The molecular weight excluding hydrogens is 204 g/mol. The van der Waals surface area contributed by atoms with Crippen LogP contribution < -0.4 is 5.32 Å². The van der Waals surface area contributed by atoms with Gasteiger partial charge < -0.3 is 10.2 Å². The summed E-state index contributed by atoms with van der Waals surface area (Å²) in [7, 11) is 0. The Morgan fingerprint density at radius 2 is 2.06 bits per heavy atom. The summed E-state index contributed by atoms with van der Waals surface area (Å²) in [6.45, 7) is 3.50. The Kier molecular flexibility index (Phi) is 3.46. The zero-order valence-corrected chi connectivity index (χ0v) is 9.87. The number of nitrogens with one attached hydrogen (secondary N) is 1. The molecule has 1 atom stereocenters. The number of amides is 2. The summed E-state index contributed by atoms with van der Waals surface area (Å²) >= 11 is 0. The molecule has 0 aromatic heterocycles. The monoisotopic (exact) mass is 224 g/mol. The number of hydrogen-bond donors (Lipinski definition) is 1. The van der Waals surface area contributed by atoms with Crippen LogP contribution in [-0.2, 0) is 9.59 Å². The molecule has 4 heteroatoms. The van der Waals surface area contributed by atoms with Crippen LogP contribution in [0.4, 0.5) is 0 Å². The van der Waals surface area contributed by atoms with Gasteiger partial charge in [0.15, 0.2) is 0 Å². The van der Waals surface area contributed by atoms with E-state index in [-0.39, 0.29) is 23.8 Å². The summed E-state index contributed by atoms with van der Waals surface area (Å²) in [6.07, 6.45) is 4.75. The molecule has 0 aromatic carbocycles. The van der Waals surface area contributed by atoms with Gasteiger partial charge in [0.1, 0.15) is 6.04 Å². The van der Waals surface area contributed by atoms with Gasteiger partial charge in [-0.1, -0.05) is 6.92 Å².